The van der Waals surface area contributed by atoms with Gasteiger partial charge in [-0.3, -0.25) is 4.72 Å². The molecular weight excluding hydrogens is 300 g/mol. The molecule has 118 valence electrons. The predicted molar refractivity (Wildman–Crippen MR) is 88.9 cm³/mol. The number of nitrogens with zero attached hydrogens (tertiary/aromatic N) is 2. The largest absolute Gasteiger partial charge is 0.339 e. The smallest absolute Gasteiger partial charge is 0.233 e. The maximum absolute atomic E-state index is 11.7. The zero-order chi connectivity index (χ0) is 16.2. The number of nitrogens with one attached hydrogen (secondary N) is 2. The Morgan fingerprint density at radius 3 is 2.36 bits per heavy atom. The van der Waals surface area contributed by atoms with Crippen LogP contribution in [0.2, 0.25) is 0 Å². The maximum atomic E-state index is 11.7. The second-order valence-electron chi connectivity index (χ2n) is 5.17. The van der Waals surface area contributed by atoms with Gasteiger partial charge in [-0.2, -0.15) is 0 Å². The number of sulfonamides is 1. The van der Waals surface area contributed by atoms with Gasteiger partial charge in [0.15, 0.2) is 11.6 Å². The van der Waals surface area contributed by atoms with Gasteiger partial charge in [0, 0.05) is 5.69 Å². The molecule has 0 aliphatic rings. The molecule has 2 aromatic rings. The van der Waals surface area contributed by atoms with Crippen molar-refractivity contribution < 1.29 is 8.42 Å². The Labute approximate surface area is 131 Å². The lowest BCUT2D eigenvalue weighted by Crippen LogP contribution is -2.17. The predicted octanol–water partition coefficient (Wildman–Crippen LogP) is 2.99. The summed E-state index contributed by atoms with van der Waals surface area (Å²) in [6.07, 6.45) is 0.551. The number of hydrogen-bond acceptors (Lipinski definition) is 5. The molecule has 0 atom stereocenters. The van der Waals surface area contributed by atoms with Gasteiger partial charge in [0.1, 0.15) is 0 Å². The summed E-state index contributed by atoms with van der Waals surface area (Å²) in [7, 11) is -3.34. The summed E-state index contributed by atoms with van der Waals surface area (Å²) < 4.78 is 25.7. The fraction of sp³-hybridized carbons (Fsp3) is 0.333. The summed E-state index contributed by atoms with van der Waals surface area (Å²) in [5, 5.41) is 11.1. The van der Waals surface area contributed by atoms with Crippen molar-refractivity contribution in [3.63, 3.8) is 0 Å². The minimum Gasteiger partial charge on any atom is -0.339 e. The molecule has 0 bridgehead atoms. The molecule has 0 aliphatic carbocycles. The molecule has 0 fully saturated rings. The Hall–Kier alpha value is -2.15. The number of aromatic nitrogens is 2. The van der Waals surface area contributed by atoms with Crippen molar-refractivity contribution in [2.75, 3.05) is 15.8 Å². The van der Waals surface area contributed by atoms with E-state index in [-0.39, 0.29) is 11.6 Å². The molecule has 0 spiro atoms. The average Bonchev–Trinajstić information content (AvgIpc) is 2.44. The van der Waals surface area contributed by atoms with E-state index >= 15 is 0 Å². The van der Waals surface area contributed by atoms with Crippen molar-refractivity contribution in [1.82, 2.24) is 10.2 Å². The van der Waals surface area contributed by atoms with Gasteiger partial charge in [0.2, 0.25) is 10.0 Å². The third-order valence-corrected chi connectivity index (χ3v) is 4.52. The monoisotopic (exact) mass is 320 g/mol. The van der Waals surface area contributed by atoms with Crippen molar-refractivity contribution in [2.45, 2.75) is 27.2 Å². The van der Waals surface area contributed by atoms with Gasteiger partial charge in [-0.25, -0.2) is 8.42 Å². The first-order valence-electron chi connectivity index (χ1n) is 7.08. The van der Waals surface area contributed by atoms with Gasteiger partial charge in [-0.15, -0.1) is 10.2 Å². The van der Waals surface area contributed by atoms with Crippen LogP contribution in [0.3, 0.4) is 0 Å². The fourth-order valence-electron chi connectivity index (χ4n) is 1.94. The van der Waals surface area contributed by atoms with Crippen LogP contribution < -0.4 is 10.0 Å². The highest BCUT2D eigenvalue weighted by molar-refractivity contribution is 7.92. The zero-order valence-corrected chi connectivity index (χ0v) is 13.7. The van der Waals surface area contributed by atoms with Gasteiger partial charge in [0.05, 0.1) is 5.75 Å². The summed E-state index contributed by atoms with van der Waals surface area (Å²) in [6.45, 7) is 5.83. The van der Waals surface area contributed by atoms with E-state index in [0.717, 1.165) is 16.8 Å². The lowest BCUT2D eigenvalue weighted by atomic mass is 10.1. The molecule has 1 aromatic carbocycles. The van der Waals surface area contributed by atoms with Gasteiger partial charge < -0.3 is 5.32 Å². The highest BCUT2D eigenvalue weighted by Gasteiger charge is 2.10. The molecule has 0 amide bonds. The van der Waals surface area contributed by atoms with Gasteiger partial charge in [0.25, 0.3) is 0 Å². The van der Waals surface area contributed by atoms with Crippen LogP contribution in [0.5, 0.6) is 0 Å². The summed E-state index contributed by atoms with van der Waals surface area (Å²) in [4.78, 5) is 0. The molecule has 1 heterocycles. The molecule has 0 saturated heterocycles. The summed E-state index contributed by atoms with van der Waals surface area (Å²) in [6, 6.07) is 9.37. The SMILES string of the molecule is CCCS(=O)(=O)Nc1ccc(Nc2cc(C)ccc2C)nn1. The number of hydrogen-bond donors (Lipinski definition) is 2. The van der Waals surface area contributed by atoms with Gasteiger partial charge in [-0.05, 0) is 49.6 Å². The Kier molecular flexibility index (Phi) is 4.97. The molecule has 2 rings (SSSR count). The Morgan fingerprint density at radius 2 is 1.73 bits per heavy atom. The van der Waals surface area contributed by atoms with Crippen LogP contribution in [-0.4, -0.2) is 24.4 Å². The molecule has 0 unspecified atom stereocenters. The van der Waals surface area contributed by atoms with Crippen molar-refractivity contribution in [3.8, 4) is 0 Å². The average molecular weight is 320 g/mol. The molecule has 0 aliphatic heterocycles. The van der Waals surface area contributed by atoms with E-state index in [4.69, 9.17) is 0 Å². The molecule has 7 heteroatoms. The second kappa shape index (κ2) is 6.74. The second-order valence-corrected chi connectivity index (χ2v) is 7.01. The van der Waals surface area contributed by atoms with Crippen LogP contribution in [0.25, 0.3) is 0 Å². The quantitative estimate of drug-likeness (QED) is 0.855. The summed E-state index contributed by atoms with van der Waals surface area (Å²) >= 11 is 0. The topological polar surface area (TPSA) is 84.0 Å². The standard InChI is InChI=1S/C15H20N4O2S/c1-4-9-22(20,21)19-15-8-7-14(17-18-15)16-13-10-11(2)5-6-12(13)3/h5-8,10H,4,9H2,1-3H3,(H,16,17)(H,18,19). The van der Waals surface area contributed by atoms with E-state index in [0.29, 0.717) is 12.2 Å². The van der Waals surface area contributed by atoms with E-state index in [2.05, 4.69) is 20.2 Å². The lowest BCUT2D eigenvalue weighted by molar-refractivity contribution is 0.599. The lowest BCUT2D eigenvalue weighted by Gasteiger charge is -2.10. The van der Waals surface area contributed by atoms with Crippen LogP contribution >= 0.6 is 0 Å². The number of benzene rings is 1. The zero-order valence-electron chi connectivity index (χ0n) is 12.9. The van der Waals surface area contributed by atoms with Gasteiger partial charge >= 0.3 is 0 Å². The molecule has 0 radical (unpaired) electrons. The number of aryl methyl sites for hydroxylation is 2. The molecule has 22 heavy (non-hydrogen) atoms. The Morgan fingerprint density at radius 1 is 1.05 bits per heavy atom. The summed E-state index contributed by atoms with van der Waals surface area (Å²) in [5.41, 5.74) is 3.19. The van der Waals surface area contributed by atoms with Crippen LogP contribution in [0.15, 0.2) is 30.3 Å². The Balaban J connectivity index is 2.11. The van der Waals surface area contributed by atoms with Crippen molar-refractivity contribution in [1.29, 1.82) is 0 Å². The minimum absolute atomic E-state index is 0.0666. The highest BCUT2D eigenvalue weighted by Crippen LogP contribution is 2.20. The van der Waals surface area contributed by atoms with E-state index in [1.54, 1.807) is 12.1 Å². The molecule has 0 saturated carbocycles. The Bertz CT molecular complexity index is 743. The molecule has 2 N–H and O–H groups in total. The van der Waals surface area contributed by atoms with E-state index < -0.39 is 10.0 Å². The third-order valence-electron chi connectivity index (χ3n) is 3.05. The van der Waals surface area contributed by atoms with E-state index in [1.807, 2.05) is 39.0 Å². The highest BCUT2D eigenvalue weighted by atomic mass is 32.2. The van der Waals surface area contributed by atoms with Crippen molar-refractivity contribution in [3.05, 3.63) is 41.5 Å². The van der Waals surface area contributed by atoms with Crippen LogP contribution in [-0.2, 0) is 10.0 Å². The van der Waals surface area contributed by atoms with Gasteiger partial charge in [-0.1, -0.05) is 19.1 Å². The fourth-order valence-corrected chi connectivity index (χ4v) is 3.01. The first-order valence-corrected chi connectivity index (χ1v) is 8.73. The minimum atomic E-state index is -3.34. The van der Waals surface area contributed by atoms with E-state index in [1.165, 1.54) is 0 Å². The van der Waals surface area contributed by atoms with Crippen LogP contribution in [0, 0.1) is 13.8 Å². The number of anilines is 3. The molecular formula is C15H20N4O2S. The van der Waals surface area contributed by atoms with Crippen molar-refractivity contribution >= 4 is 27.3 Å². The normalized spacial score (nSPS) is 11.2. The number of rotatable bonds is 6. The maximum Gasteiger partial charge on any atom is 0.233 e. The van der Waals surface area contributed by atoms with E-state index in [9.17, 15) is 8.42 Å². The molecule has 6 nitrogen and oxygen atoms in total. The van der Waals surface area contributed by atoms with Crippen molar-refractivity contribution in [2.24, 2.45) is 0 Å². The summed E-state index contributed by atoms with van der Waals surface area (Å²) in [5.74, 6) is 0.851. The first-order chi connectivity index (χ1) is 10.4. The van der Waals surface area contributed by atoms with Crippen LogP contribution in [0.4, 0.5) is 17.3 Å². The first kappa shape index (κ1) is 16.2. The van der Waals surface area contributed by atoms with Crippen LogP contribution in [0.1, 0.15) is 24.5 Å². The molecule has 1 aromatic heterocycles. The third kappa shape index (κ3) is 4.42.